The Morgan fingerprint density at radius 3 is 2.56 bits per heavy atom. The summed E-state index contributed by atoms with van der Waals surface area (Å²) in [7, 11) is 0. The Kier molecular flexibility index (Phi) is 9.23. The molecule has 1 aromatic carbocycles. The first-order valence-electron chi connectivity index (χ1n) is 8.58. The number of nitrogens with zero attached hydrogens (tertiary/aromatic N) is 1. The maximum Gasteiger partial charge on any atom is 0.269 e. The van der Waals surface area contributed by atoms with E-state index in [2.05, 4.69) is 10.6 Å². The second-order valence-electron chi connectivity index (χ2n) is 6.29. The number of nitro groups is 1. The average Bonchev–Trinajstić information content (AvgIpc) is 2.59. The molecular weight excluding hydrogens is 344 g/mol. The van der Waals surface area contributed by atoms with Crippen molar-refractivity contribution in [2.75, 3.05) is 18.4 Å². The predicted octanol–water partition coefficient (Wildman–Crippen LogP) is 2.84. The lowest BCUT2D eigenvalue weighted by Crippen LogP contribution is -2.44. The topological polar surface area (TPSA) is 110 Å². The number of nitrogens with one attached hydrogen (secondary N) is 2. The van der Waals surface area contributed by atoms with Gasteiger partial charge in [0.05, 0.1) is 4.92 Å². The van der Waals surface area contributed by atoms with Crippen molar-refractivity contribution in [2.24, 2.45) is 11.7 Å². The Morgan fingerprint density at radius 1 is 1.24 bits per heavy atom. The second kappa shape index (κ2) is 10.9. The van der Waals surface area contributed by atoms with E-state index in [0.29, 0.717) is 31.8 Å². The molecule has 1 aliphatic carbocycles. The minimum absolute atomic E-state index is 0. The van der Waals surface area contributed by atoms with Gasteiger partial charge in [-0.2, -0.15) is 0 Å². The lowest BCUT2D eigenvalue weighted by molar-refractivity contribution is -0.384. The van der Waals surface area contributed by atoms with Gasteiger partial charge in [-0.25, -0.2) is 0 Å². The molecule has 2 unspecified atom stereocenters. The van der Waals surface area contributed by atoms with Gasteiger partial charge < -0.3 is 16.4 Å². The minimum atomic E-state index is -0.423. The van der Waals surface area contributed by atoms with Gasteiger partial charge in [-0.15, -0.1) is 12.4 Å². The van der Waals surface area contributed by atoms with E-state index in [1.807, 2.05) is 0 Å². The smallest absolute Gasteiger partial charge is 0.269 e. The Labute approximate surface area is 154 Å². The van der Waals surface area contributed by atoms with Crippen molar-refractivity contribution in [2.45, 2.75) is 44.6 Å². The van der Waals surface area contributed by atoms with Crippen LogP contribution >= 0.6 is 12.4 Å². The summed E-state index contributed by atoms with van der Waals surface area (Å²) < 4.78 is 0. The molecule has 0 aromatic heterocycles. The number of benzene rings is 1. The van der Waals surface area contributed by atoms with Crippen LogP contribution in [0.1, 0.15) is 38.5 Å². The summed E-state index contributed by atoms with van der Waals surface area (Å²) in [5.41, 5.74) is 6.67. The third-order valence-electron chi connectivity index (χ3n) is 4.55. The largest absolute Gasteiger partial charge is 0.385 e. The number of carbonyl (C=O) groups excluding carboxylic acids is 1. The maximum atomic E-state index is 12.0. The highest BCUT2D eigenvalue weighted by molar-refractivity contribution is 5.85. The Hall–Kier alpha value is -1.86. The van der Waals surface area contributed by atoms with E-state index < -0.39 is 4.92 Å². The second-order valence-corrected chi connectivity index (χ2v) is 6.29. The molecule has 8 heteroatoms. The zero-order valence-corrected chi connectivity index (χ0v) is 15.1. The molecule has 2 rings (SSSR count). The third kappa shape index (κ3) is 6.88. The van der Waals surface area contributed by atoms with Gasteiger partial charge >= 0.3 is 0 Å². The fourth-order valence-electron chi connectivity index (χ4n) is 3.14. The van der Waals surface area contributed by atoms with E-state index in [4.69, 9.17) is 5.73 Å². The number of carbonyl (C=O) groups is 1. The van der Waals surface area contributed by atoms with Gasteiger partial charge in [-0.05, 0) is 43.9 Å². The average molecular weight is 371 g/mol. The van der Waals surface area contributed by atoms with Gasteiger partial charge in [-0.3, -0.25) is 14.9 Å². The van der Waals surface area contributed by atoms with Gasteiger partial charge in [-0.1, -0.05) is 12.8 Å². The monoisotopic (exact) mass is 370 g/mol. The standard InChI is InChI=1S/C17H26N4O3.ClH/c18-12-13-4-1-2-5-16(13)20-17(22)6-3-11-19-14-7-9-15(10-8-14)21(23)24;/h7-10,13,16,19H,1-6,11-12,18H2,(H,20,22);1H. The molecule has 140 valence electrons. The molecule has 25 heavy (non-hydrogen) atoms. The van der Waals surface area contributed by atoms with Crippen molar-refractivity contribution in [3.63, 3.8) is 0 Å². The summed E-state index contributed by atoms with van der Waals surface area (Å²) in [4.78, 5) is 22.2. The van der Waals surface area contributed by atoms with E-state index in [1.165, 1.54) is 18.6 Å². The summed E-state index contributed by atoms with van der Waals surface area (Å²) in [5.74, 6) is 0.479. The van der Waals surface area contributed by atoms with Crippen molar-refractivity contribution >= 4 is 29.7 Å². The Bertz CT molecular complexity index is 553. The molecule has 1 aliphatic rings. The first kappa shape index (κ1) is 21.2. The van der Waals surface area contributed by atoms with Crippen LogP contribution in [0.2, 0.25) is 0 Å². The van der Waals surface area contributed by atoms with Crippen LogP contribution in [0.5, 0.6) is 0 Å². The van der Waals surface area contributed by atoms with Crippen LogP contribution < -0.4 is 16.4 Å². The first-order chi connectivity index (χ1) is 11.6. The third-order valence-corrected chi connectivity index (χ3v) is 4.55. The molecule has 1 fully saturated rings. The Balaban J connectivity index is 0.00000312. The molecule has 2 atom stereocenters. The summed E-state index contributed by atoms with van der Waals surface area (Å²) in [6.45, 7) is 1.28. The van der Waals surface area contributed by atoms with Crippen molar-refractivity contribution in [1.82, 2.24) is 5.32 Å². The number of amides is 1. The van der Waals surface area contributed by atoms with Crippen molar-refractivity contribution in [3.05, 3.63) is 34.4 Å². The van der Waals surface area contributed by atoms with Crippen molar-refractivity contribution < 1.29 is 9.72 Å². The zero-order chi connectivity index (χ0) is 17.4. The van der Waals surface area contributed by atoms with E-state index in [1.54, 1.807) is 12.1 Å². The fourth-order valence-corrected chi connectivity index (χ4v) is 3.14. The zero-order valence-electron chi connectivity index (χ0n) is 14.3. The molecule has 0 radical (unpaired) electrons. The van der Waals surface area contributed by atoms with Gasteiger partial charge in [0.15, 0.2) is 0 Å². The number of nitro benzene ring substituents is 1. The summed E-state index contributed by atoms with van der Waals surface area (Å²) in [6, 6.07) is 6.49. The molecule has 1 amide bonds. The Morgan fingerprint density at radius 2 is 1.92 bits per heavy atom. The maximum absolute atomic E-state index is 12.0. The van der Waals surface area contributed by atoms with Crippen LogP contribution in [0, 0.1) is 16.0 Å². The molecule has 1 saturated carbocycles. The molecule has 0 bridgehead atoms. The summed E-state index contributed by atoms with van der Waals surface area (Å²) in [6.07, 6.45) is 5.66. The fraction of sp³-hybridized carbons (Fsp3) is 0.588. The molecule has 0 heterocycles. The van der Waals surface area contributed by atoms with E-state index >= 15 is 0 Å². The number of hydrogen-bond donors (Lipinski definition) is 3. The molecule has 7 nitrogen and oxygen atoms in total. The lowest BCUT2D eigenvalue weighted by atomic mass is 9.84. The highest BCUT2D eigenvalue weighted by atomic mass is 35.5. The SMILES string of the molecule is Cl.NCC1CCCCC1NC(=O)CCCNc1ccc([N+](=O)[O-])cc1. The van der Waals surface area contributed by atoms with Crippen LogP contribution in [-0.2, 0) is 4.79 Å². The molecule has 1 aromatic rings. The minimum Gasteiger partial charge on any atom is -0.385 e. The quantitative estimate of drug-likeness (QED) is 0.370. The summed E-state index contributed by atoms with van der Waals surface area (Å²) in [5, 5.41) is 16.9. The number of rotatable bonds is 8. The van der Waals surface area contributed by atoms with E-state index in [9.17, 15) is 14.9 Å². The molecule has 0 spiro atoms. The number of hydrogen-bond acceptors (Lipinski definition) is 5. The van der Waals surface area contributed by atoms with Crippen LogP contribution in [0.25, 0.3) is 0 Å². The number of non-ortho nitro benzene ring substituents is 1. The van der Waals surface area contributed by atoms with Gasteiger partial charge in [0.1, 0.15) is 0 Å². The highest BCUT2D eigenvalue weighted by Crippen LogP contribution is 2.23. The van der Waals surface area contributed by atoms with Gasteiger partial charge in [0, 0.05) is 36.8 Å². The molecule has 0 saturated heterocycles. The van der Waals surface area contributed by atoms with Gasteiger partial charge in [0.2, 0.25) is 5.91 Å². The lowest BCUT2D eigenvalue weighted by Gasteiger charge is -2.31. The van der Waals surface area contributed by atoms with Crippen LogP contribution in [0.3, 0.4) is 0 Å². The molecule has 4 N–H and O–H groups in total. The summed E-state index contributed by atoms with van der Waals surface area (Å²) >= 11 is 0. The van der Waals surface area contributed by atoms with E-state index in [0.717, 1.165) is 24.9 Å². The molecular formula is C17H27ClN4O3. The number of halogens is 1. The number of anilines is 1. The van der Waals surface area contributed by atoms with Crippen molar-refractivity contribution in [1.29, 1.82) is 0 Å². The van der Waals surface area contributed by atoms with Gasteiger partial charge in [0.25, 0.3) is 5.69 Å². The molecule has 0 aliphatic heterocycles. The highest BCUT2D eigenvalue weighted by Gasteiger charge is 2.24. The number of nitrogens with two attached hydrogens (primary N) is 1. The van der Waals surface area contributed by atoms with Crippen molar-refractivity contribution in [3.8, 4) is 0 Å². The first-order valence-corrected chi connectivity index (χ1v) is 8.58. The predicted molar refractivity (Wildman–Crippen MR) is 101 cm³/mol. The van der Waals surface area contributed by atoms with Crippen LogP contribution in [-0.4, -0.2) is 30.0 Å². The normalized spacial score (nSPS) is 19.6. The van der Waals surface area contributed by atoms with E-state index in [-0.39, 0.29) is 30.0 Å². The van der Waals surface area contributed by atoms with Crippen LogP contribution in [0.15, 0.2) is 24.3 Å². The van der Waals surface area contributed by atoms with Crippen LogP contribution in [0.4, 0.5) is 11.4 Å².